The van der Waals surface area contributed by atoms with Gasteiger partial charge in [0.05, 0.1) is 6.26 Å². The van der Waals surface area contributed by atoms with Gasteiger partial charge in [0.2, 0.25) is 0 Å². The van der Waals surface area contributed by atoms with E-state index in [0.717, 1.165) is 12.0 Å². The summed E-state index contributed by atoms with van der Waals surface area (Å²) in [5.41, 5.74) is 6.28. The zero-order valence-corrected chi connectivity index (χ0v) is 9.25. The Hall–Kier alpha value is -1.29. The third kappa shape index (κ3) is 3.40. The first kappa shape index (κ1) is 11.8. The monoisotopic (exact) mass is 210 g/mol. The van der Waals surface area contributed by atoms with E-state index in [9.17, 15) is 4.79 Å². The Balaban J connectivity index is 2.40. The first-order valence-electron chi connectivity index (χ1n) is 5.17. The molecule has 0 spiro atoms. The number of carbonyl (C=O) groups excluding carboxylic acids is 1. The molecule has 0 saturated carbocycles. The molecule has 1 aromatic rings. The number of nitrogens with two attached hydrogens (primary N) is 1. The van der Waals surface area contributed by atoms with Gasteiger partial charge < -0.3 is 15.5 Å². The van der Waals surface area contributed by atoms with Crippen molar-refractivity contribution in [2.24, 2.45) is 11.7 Å². The summed E-state index contributed by atoms with van der Waals surface area (Å²) in [5.74, 6) is 0.644. The number of furan rings is 1. The van der Waals surface area contributed by atoms with Gasteiger partial charge in [-0.05, 0) is 31.9 Å². The maximum atomic E-state index is 11.6. The second-order valence-corrected chi connectivity index (χ2v) is 3.83. The predicted molar refractivity (Wildman–Crippen MR) is 58.6 cm³/mol. The molecule has 0 saturated heterocycles. The standard InChI is InChI=1S/C11H18N2O2/c1-8(3-5-12)7-13-11(14)10-9(2)4-6-15-10/h4,6,8H,3,5,7,12H2,1-2H3,(H,13,14). The van der Waals surface area contributed by atoms with E-state index in [1.807, 2.05) is 6.92 Å². The van der Waals surface area contributed by atoms with Crippen LogP contribution < -0.4 is 11.1 Å². The summed E-state index contributed by atoms with van der Waals surface area (Å²) < 4.78 is 5.08. The fourth-order valence-corrected chi connectivity index (χ4v) is 1.34. The minimum absolute atomic E-state index is 0.152. The van der Waals surface area contributed by atoms with Crippen molar-refractivity contribution in [3.8, 4) is 0 Å². The Morgan fingerprint density at radius 2 is 2.40 bits per heavy atom. The molecule has 1 rings (SSSR count). The summed E-state index contributed by atoms with van der Waals surface area (Å²) >= 11 is 0. The van der Waals surface area contributed by atoms with E-state index in [2.05, 4.69) is 12.2 Å². The van der Waals surface area contributed by atoms with Gasteiger partial charge in [0, 0.05) is 12.1 Å². The van der Waals surface area contributed by atoms with Crippen molar-refractivity contribution in [1.82, 2.24) is 5.32 Å². The fraction of sp³-hybridized carbons (Fsp3) is 0.545. The fourth-order valence-electron chi connectivity index (χ4n) is 1.34. The third-order valence-electron chi connectivity index (χ3n) is 2.34. The Labute approximate surface area is 89.8 Å². The molecule has 0 radical (unpaired) electrons. The van der Waals surface area contributed by atoms with Crippen molar-refractivity contribution >= 4 is 5.91 Å². The van der Waals surface area contributed by atoms with Gasteiger partial charge in [-0.25, -0.2) is 0 Å². The summed E-state index contributed by atoms with van der Waals surface area (Å²) in [6.45, 7) is 5.19. The molecule has 4 heteroatoms. The van der Waals surface area contributed by atoms with Crippen molar-refractivity contribution in [3.63, 3.8) is 0 Å². The predicted octanol–water partition coefficient (Wildman–Crippen LogP) is 1.30. The van der Waals surface area contributed by atoms with Gasteiger partial charge in [-0.15, -0.1) is 0 Å². The van der Waals surface area contributed by atoms with Crippen LogP contribution >= 0.6 is 0 Å². The van der Waals surface area contributed by atoms with Gasteiger partial charge in [-0.3, -0.25) is 4.79 Å². The highest BCUT2D eigenvalue weighted by Gasteiger charge is 2.12. The van der Waals surface area contributed by atoms with Crippen LogP contribution in [0.2, 0.25) is 0 Å². The molecule has 15 heavy (non-hydrogen) atoms. The van der Waals surface area contributed by atoms with E-state index < -0.39 is 0 Å². The third-order valence-corrected chi connectivity index (χ3v) is 2.34. The van der Waals surface area contributed by atoms with Crippen LogP contribution in [0.25, 0.3) is 0 Å². The van der Waals surface area contributed by atoms with Crippen molar-refractivity contribution < 1.29 is 9.21 Å². The van der Waals surface area contributed by atoms with Crippen LogP contribution in [0, 0.1) is 12.8 Å². The topological polar surface area (TPSA) is 68.3 Å². The first-order valence-corrected chi connectivity index (χ1v) is 5.17. The highest BCUT2D eigenvalue weighted by Crippen LogP contribution is 2.08. The molecule has 0 aliphatic heterocycles. The quantitative estimate of drug-likeness (QED) is 0.769. The van der Waals surface area contributed by atoms with Crippen LogP contribution in [-0.4, -0.2) is 19.0 Å². The lowest BCUT2D eigenvalue weighted by atomic mass is 10.1. The maximum Gasteiger partial charge on any atom is 0.287 e. The van der Waals surface area contributed by atoms with Crippen molar-refractivity contribution in [2.45, 2.75) is 20.3 Å². The summed E-state index contributed by atoms with van der Waals surface area (Å²) in [5, 5.41) is 2.82. The van der Waals surface area contributed by atoms with Gasteiger partial charge in [-0.1, -0.05) is 6.92 Å². The molecule has 0 bridgehead atoms. The summed E-state index contributed by atoms with van der Waals surface area (Å²) in [6.07, 6.45) is 2.44. The molecule has 1 aromatic heterocycles. The smallest absolute Gasteiger partial charge is 0.287 e. The molecule has 0 aliphatic carbocycles. The lowest BCUT2D eigenvalue weighted by Crippen LogP contribution is -2.29. The molecule has 1 heterocycles. The van der Waals surface area contributed by atoms with E-state index in [4.69, 9.17) is 10.2 Å². The number of carbonyl (C=O) groups is 1. The molecule has 1 unspecified atom stereocenters. The second-order valence-electron chi connectivity index (χ2n) is 3.83. The maximum absolute atomic E-state index is 11.6. The molecular weight excluding hydrogens is 192 g/mol. The highest BCUT2D eigenvalue weighted by molar-refractivity contribution is 5.92. The van der Waals surface area contributed by atoms with Gasteiger partial charge in [0.1, 0.15) is 0 Å². The molecule has 1 amide bonds. The van der Waals surface area contributed by atoms with Gasteiger partial charge in [0.25, 0.3) is 5.91 Å². The number of amides is 1. The Kier molecular flexibility index (Phi) is 4.37. The normalized spacial score (nSPS) is 12.5. The Bertz CT molecular complexity index is 320. The van der Waals surface area contributed by atoms with Crippen LogP contribution in [-0.2, 0) is 0 Å². The lowest BCUT2D eigenvalue weighted by Gasteiger charge is -2.10. The minimum atomic E-state index is -0.152. The molecule has 1 atom stereocenters. The largest absolute Gasteiger partial charge is 0.459 e. The van der Waals surface area contributed by atoms with Crippen molar-refractivity contribution in [3.05, 3.63) is 23.7 Å². The zero-order chi connectivity index (χ0) is 11.3. The van der Waals surface area contributed by atoms with Gasteiger partial charge in [-0.2, -0.15) is 0 Å². The van der Waals surface area contributed by atoms with Crippen LogP contribution in [0.4, 0.5) is 0 Å². The number of hydrogen-bond donors (Lipinski definition) is 2. The van der Waals surface area contributed by atoms with Crippen molar-refractivity contribution in [1.29, 1.82) is 0 Å². The van der Waals surface area contributed by atoms with E-state index in [0.29, 0.717) is 24.8 Å². The number of hydrogen-bond acceptors (Lipinski definition) is 3. The molecule has 3 N–H and O–H groups in total. The molecule has 84 valence electrons. The Morgan fingerprint density at radius 1 is 1.67 bits per heavy atom. The zero-order valence-electron chi connectivity index (χ0n) is 9.25. The second kappa shape index (κ2) is 5.56. The van der Waals surface area contributed by atoms with Crippen LogP contribution in [0.3, 0.4) is 0 Å². The van der Waals surface area contributed by atoms with Crippen LogP contribution in [0.5, 0.6) is 0 Å². The average Bonchev–Trinajstić information content (AvgIpc) is 2.61. The molecular formula is C11H18N2O2. The summed E-state index contributed by atoms with van der Waals surface area (Å²) in [6, 6.07) is 1.78. The van der Waals surface area contributed by atoms with Gasteiger partial charge in [0.15, 0.2) is 5.76 Å². The lowest BCUT2D eigenvalue weighted by molar-refractivity contribution is 0.0919. The minimum Gasteiger partial charge on any atom is -0.459 e. The summed E-state index contributed by atoms with van der Waals surface area (Å²) in [7, 11) is 0. The molecule has 0 aliphatic rings. The van der Waals surface area contributed by atoms with E-state index in [1.54, 1.807) is 6.07 Å². The first-order chi connectivity index (χ1) is 7.15. The highest BCUT2D eigenvalue weighted by atomic mass is 16.3. The van der Waals surface area contributed by atoms with E-state index in [1.165, 1.54) is 6.26 Å². The molecule has 0 fully saturated rings. The Morgan fingerprint density at radius 3 is 2.93 bits per heavy atom. The number of rotatable bonds is 5. The molecule has 4 nitrogen and oxygen atoms in total. The number of aryl methyl sites for hydroxylation is 1. The summed E-state index contributed by atoms with van der Waals surface area (Å²) in [4.78, 5) is 11.6. The number of nitrogens with one attached hydrogen (secondary N) is 1. The van der Waals surface area contributed by atoms with Crippen molar-refractivity contribution in [2.75, 3.05) is 13.1 Å². The SMILES string of the molecule is Cc1ccoc1C(=O)NCC(C)CCN. The molecule has 0 aromatic carbocycles. The average molecular weight is 210 g/mol. The van der Waals surface area contributed by atoms with Crippen LogP contribution in [0.15, 0.2) is 16.7 Å². The van der Waals surface area contributed by atoms with Crippen LogP contribution in [0.1, 0.15) is 29.5 Å². The van der Waals surface area contributed by atoms with Gasteiger partial charge >= 0.3 is 0 Å². The van der Waals surface area contributed by atoms with E-state index in [-0.39, 0.29) is 5.91 Å². The van der Waals surface area contributed by atoms with E-state index >= 15 is 0 Å².